The molecule has 1 saturated carbocycles. The lowest BCUT2D eigenvalue weighted by atomic mass is 10.1. The van der Waals surface area contributed by atoms with E-state index in [2.05, 4.69) is 4.98 Å². The van der Waals surface area contributed by atoms with Crippen molar-refractivity contribution in [1.82, 2.24) is 9.88 Å². The van der Waals surface area contributed by atoms with Gasteiger partial charge in [0.2, 0.25) is 11.8 Å². The zero-order valence-electron chi connectivity index (χ0n) is 13.9. The summed E-state index contributed by atoms with van der Waals surface area (Å²) in [6, 6.07) is 10.0. The normalized spacial score (nSPS) is 23.3. The number of aryl methyl sites for hydroxylation is 1. The van der Waals surface area contributed by atoms with Crippen LogP contribution in [0.15, 0.2) is 34.7 Å². The Morgan fingerprint density at radius 2 is 2.12 bits per heavy atom. The molecule has 0 N–H and O–H groups in total. The van der Waals surface area contributed by atoms with E-state index in [0.717, 1.165) is 36.3 Å². The second-order valence-corrected chi connectivity index (χ2v) is 6.56. The van der Waals surface area contributed by atoms with Crippen LogP contribution < -0.4 is 0 Å². The Bertz CT molecular complexity index is 725. The summed E-state index contributed by atoms with van der Waals surface area (Å²) in [5.74, 6) is 1.43. The summed E-state index contributed by atoms with van der Waals surface area (Å²) >= 11 is 0. The smallest absolute Gasteiger partial charge is 0.229 e. The van der Waals surface area contributed by atoms with Crippen LogP contribution >= 0.6 is 0 Å². The molecule has 1 amide bonds. The molecule has 2 aromatic rings. The number of nitrogens with zero attached hydrogens (tertiary/aromatic N) is 2. The standard InChI is InChI=1S/C19H22N2O3/c1-13-15(20-19(24-13)14-6-3-2-4-7-14)12-18(22)21-10-11-23-17-9-5-8-16(17)21/h2-4,6-7,16-17H,5,8-12H2,1H3/t16-,17+/m1/s1. The number of benzene rings is 1. The fourth-order valence-electron chi connectivity index (χ4n) is 3.78. The van der Waals surface area contributed by atoms with Gasteiger partial charge in [0.25, 0.3) is 0 Å². The van der Waals surface area contributed by atoms with Crippen molar-refractivity contribution in [3.8, 4) is 11.5 Å². The highest BCUT2D eigenvalue weighted by Crippen LogP contribution is 2.30. The second-order valence-electron chi connectivity index (χ2n) is 6.56. The molecule has 0 unspecified atom stereocenters. The Hall–Kier alpha value is -2.14. The highest BCUT2D eigenvalue weighted by atomic mass is 16.5. The molecule has 1 aliphatic carbocycles. The number of carbonyl (C=O) groups excluding carboxylic acids is 1. The average Bonchev–Trinajstić information content (AvgIpc) is 3.22. The molecule has 2 aliphatic rings. The lowest BCUT2D eigenvalue weighted by Crippen LogP contribution is -2.51. The molecule has 5 nitrogen and oxygen atoms in total. The van der Waals surface area contributed by atoms with E-state index in [1.807, 2.05) is 42.2 Å². The first kappa shape index (κ1) is 15.4. The Balaban J connectivity index is 1.51. The number of carbonyl (C=O) groups is 1. The predicted octanol–water partition coefficient (Wildman–Crippen LogP) is 2.97. The van der Waals surface area contributed by atoms with Crippen molar-refractivity contribution in [2.75, 3.05) is 13.2 Å². The Labute approximate surface area is 141 Å². The summed E-state index contributed by atoms with van der Waals surface area (Å²) in [6.07, 6.45) is 3.77. The van der Waals surface area contributed by atoms with Gasteiger partial charge < -0.3 is 14.1 Å². The zero-order chi connectivity index (χ0) is 16.5. The van der Waals surface area contributed by atoms with Crippen molar-refractivity contribution in [3.63, 3.8) is 0 Å². The molecule has 2 heterocycles. The average molecular weight is 326 g/mol. The van der Waals surface area contributed by atoms with Crippen LogP contribution in [0.5, 0.6) is 0 Å². The van der Waals surface area contributed by atoms with Gasteiger partial charge in [-0.25, -0.2) is 4.98 Å². The molecule has 5 heteroatoms. The maximum Gasteiger partial charge on any atom is 0.229 e. The van der Waals surface area contributed by atoms with Crippen LogP contribution in [0.4, 0.5) is 0 Å². The van der Waals surface area contributed by atoms with Crippen LogP contribution in [0.1, 0.15) is 30.7 Å². The molecule has 1 saturated heterocycles. The molecule has 24 heavy (non-hydrogen) atoms. The van der Waals surface area contributed by atoms with Gasteiger partial charge in [0.05, 0.1) is 30.9 Å². The number of morpholine rings is 1. The number of amides is 1. The third kappa shape index (κ3) is 2.84. The van der Waals surface area contributed by atoms with Gasteiger partial charge in [-0.05, 0) is 38.3 Å². The minimum absolute atomic E-state index is 0.131. The van der Waals surface area contributed by atoms with E-state index >= 15 is 0 Å². The number of hydrogen-bond donors (Lipinski definition) is 0. The number of ether oxygens (including phenoxy) is 1. The molecule has 1 aromatic heterocycles. The van der Waals surface area contributed by atoms with Gasteiger partial charge >= 0.3 is 0 Å². The van der Waals surface area contributed by atoms with Crippen LogP contribution in [0.2, 0.25) is 0 Å². The van der Waals surface area contributed by atoms with E-state index in [9.17, 15) is 4.79 Å². The highest BCUT2D eigenvalue weighted by molar-refractivity contribution is 5.79. The molecule has 4 rings (SSSR count). The van der Waals surface area contributed by atoms with Gasteiger partial charge in [-0.15, -0.1) is 0 Å². The Morgan fingerprint density at radius 3 is 2.96 bits per heavy atom. The topological polar surface area (TPSA) is 55.6 Å². The van der Waals surface area contributed by atoms with Gasteiger partial charge in [0.1, 0.15) is 5.76 Å². The van der Waals surface area contributed by atoms with Gasteiger partial charge in [-0.1, -0.05) is 18.2 Å². The molecule has 126 valence electrons. The van der Waals surface area contributed by atoms with E-state index in [1.54, 1.807) is 0 Å². The van der Waals surface area contributed by atoms with Crippen molar-refractivity contribution >= 4 is 5.91 Å². The van der Waals surface area contributed by atoms with Gasteiger partial charge in [-0.3, -0.25) is 4.79 Å². The lowest BCUT2D eigenvalue weighted by Gasteiger charge is -2.37. The first-order chi connectivity index (χ1) is 11.7. The number of rotatable bonds is 3. The number of aromatic nitrogens is 1. The summed E-state index contributed by atoms with van der Waals surface area (Å²) in [6.45, 7) is 3.20. The minimum atomic E-state index is 0.131. The second kappa shape index (κ2) is 6.40. The third-order valence-electron chi connectivity index (χ3n) is 5.03. The molecular weight excluding hydrogens is 304 g/mol. The Morgan fingerprint density at radius 1 is 1.29 bits per heavy atom. The van der Waals surface area contributed by atoms with E-state index in [-0.39, 0.29) is 18.1 Å². The van der Waals surface area contributed by atoms with E-state index in [0.29, 0.717) is 25.5 Å². The fourth-order valence-corrected chi connectivity index (χ4v) is 3.78. The number of hydrogen-bond acceptors (Lipinski definition) is 4. The van der Waals surface area contributed by atoms with Crippen molar-refractivity contribution in [2.24, 2.45) is 0 Å². The van der Waals surface area contributed by atoms with Gasteiger partial charge in [0, 0.05) is 12.1 Å². The van der Waals surface area contributed by atoms with Crippen molar-refractivity contribution in [2.45, 2.75) is 44.8 Å². The van der Waals surface area contributed by atoms with Gasteiger partial charge in [-0.2, -0.15) is 0 Å². The number of fused-ring (bicyclic) bond motifs is 1. The predicted molar refractivity (Wildman–Crippen MR) is 89.5 cm³/mol. The minimum Gasteiger partial charge on any atom is -0.441 e. The van der Waals surface area contributed by atoms with Crippen molar-refractivity contribution < 1.29 is 13.9 Å². The quantitative estimate of drug-likeness (QED) is 0.870. The lowest BCUT2D eigenvalue weighted by molar-refractivity contribution is -0.143. The van der Waals surface area contributed by atoms with Crippen molar-refractivity contribution in [3.05, 3.63) is 41.8 Å². The van der Waals surface area contributed by atoms with Crippen LogP contribution in [-0.2, 0) is 16.0 Å². The van der Waals surface area contributed by atoms with Crippen molar-refractivity contribution in [1.29, 1.82) is 0 Å². The Kier molecular flexibility index (Phi) is 4.10. The van der Waals surface area contributed by atoms with Gasteiger partial charge in [0.15, 0.2) is 0 Å². The zero-order valence-corrected chi connectivity index (χ0v) is 13.9. The molecule has 2 fully saturated rings. The summed E-state index contributed by atoms with van der Waals surface area (Å²) in [5.41, 5.74) is 1.67. The summed E-state index contributed by atoms with van der Waals surface area (Å²) in [5, 5.41) is 0. The largest absolute Gasteiger partial charge is 0.441 e. The molecule has 1 aliphatic heterocycles. The summed E-state index contributed by atoms with van der Waals surface area (Å²) in [7, 11) is 0. The maximum atomic E-state index is 12.8. The first-order valence-corrected chi connectivity index (χ1v) is 8.65. The van der Waals surface area contributed by atoms with Crippen LogP contribution in [0.3, 0.4) is 0 Å². The number of oxazole rings is 1. The maximum absolute atomic E-state index is 12.8. The van der Waals surface area contributed by atoms with E-state index < -0.39 is 0 Å². The molecule has 2 atom stereocenters. The van der Waals surface area contributed by atoms with Crippen LogP contribution in [-0.4, -0.2) is 41.1 Å². The third-order valence-corrected chi connectivity index (χ3v) is 5.03. The first-order valence-electron chi connectivity index (χ1n) is 8.65. The summed E-state index contributed by atoms with van der Waals surface area (Å²) < 4.78 is 11.6. The molecular formula is C19H22N2O3. The van der Waals surface area contributed by atoms with Crippen LogP contribution in [0, 0.1) is 6.92 Å². The van der Waals surface area contributed by atoms with E-state index in [1.165, 1.54) is 0 Å². The summed E-state index contributed by atoms with van der Waals surface area (Å²) in [4.78, 5) is 19.3. The van der Waals surface area contributed by atoms with Crippen LogP contribution in [0.25, 0.3) is 11.5 Å². The molecule has 0 spiro atoms. The highest BCUT2D eigenvalue weighted by Gasteiger charge is 2.38. The fraction of sp³-hybridized carbons (Fsp3) is 0.474. The molecule has 0 bridgehead atoms. The monoisotopic (exact) mass is 326 g/mol. The SMILES string of the molecule is Cc1oc(-c2ccccc2)nc1CC(=O)N1CCO[C@H]2CCC[C@H]21. The molecule has 1 aromatic carbocycles. The van der Waals surface area contributed by atoms with E-state index in [4.69, 9.17) is 9.15 Å². The molecule has 0 radical (unpaired) electrons.